The molecule has 6 heteroatoms. The summed E-state index contributed by atoms with van der Waals surface area (Å²) >= 11 is 1.85. The Morgan fingerprint density at radius 1 is 1.10 bits per heavy atom. The Kier molecular flexibility index (Phi) is 5.03. The third kappa shape index (κ3) is 3.01. The van der Waals surface area contributed by atoms with E-state index >= 15 is 0 Å². The van der Waals surface area contributed by atoms with Gasteiger partial charge in [-0.05, 0) is 47.5 Å². The first kappa shape index (κ1) is 19.2. The number of benzene rings is 2. The average molecular weight is 420 g/mol. The maximum atomic E-state index is 5.90. The van der Waals surface area contributed by atoms with Gasteiger partial charge in [-0.1, -0.05) is 36.9 Å². The number of methoxy groups -OCH3 is 2. The van der Waals surface area contributed by atoms with E-state index in [9.17, 15) is 0 Å². The number of aromatic nitrogens is 1. The molecule has 154 valence electrons. The minimum Gasteiger partial charge on any atom is -0.497 e. The third-order valence-corrected chi connectivity index (χ3v) is 7.20. The maximum Gasteiger partial charge on any atom is 0.160 e. The molecule has 0 bridgehead atoms. The molecule has 0 radical (unpaired) electrons. The van der Waals surface area contributed by atoms with Crippen molar-refractivity contribution in [2.75, 3.05) is 20.0 Å². The van der Waals surface area contributed by atoms with E-state index in [4.69, 9.17) is 14.5 Å². The molecule has 0 spiro atoms. The Bertz CT molecular complexity index is 1100. The van der Waals surface area contributed by atoms with Crippen LogP contribution in [0.3, 0.4) is 0 Å². The van der Waals surface area contributed by atoms with Crippen molar-refractivity contribution in [3.05, 3.63) is 66.0 Å². The maximum absolute atomic E-state index is 5.90. The number of aliphatic imine (C=N–C) groups is 1. The quantitative estimate of drug-likeness (QED) is 0.567. The van der Waals surface area contributed by atoms with Crippen LogP contribution in [0.15, 0.2) is 59.7 Å². The molecular formula is C24H25N3O2S. The number of ether oxygens (including phenoxy) is 2. The zero-order chi connectivity index (χ0) is 20.7. The lowest BCUT2D eigenvalue weighted by Gasteiger charge is -2.33. The zero-order valence-electron chi connectivity index (χ0n) is 17.4. The van der Waals surface area contributed by atoms with Crippen molar-refractivity contribution < 1.29 is 9.47 Å². The zero-order valence-corrected chi connectivity index (χ0v) is 18.2. The summed E-state index contributed by atoms with van der Waals surface area (Å²) in [5.74, 6) is 2.79. The van der Waals surface area contributed by atoms with E-state index in [0.29, 0.717) is 6.04 Å². The molecule has 1 saturated heterocycles. The molecule has 3 atom stereocenters. The van der Waals surface area contributed by atoms with Crippen molar-refractivity contribution in [2.45, 2.75) is 31.5 Å². The Morgan fingerprint density at radius 2 is 1.97 bits per heavy atom. The second-order valence-corrected chi connectivity index (χ2v) is 8.59. The van der Waals surface area contributed by atoms with Gasteiger partial charge in [0.1, 0.15) is 17.5 Å². The molecule has 1 fully saturated rings. The number of fused-ring (bicyclic) bond motifs is 2. The molecule has 1 aromatic heterocycles. The highest BCUT2D eigenvalue weighted by molar-refractivity contribution is 8.14. The molecule has 5 rings (SSSR count). The number of pyridine rings is 1. The van der Waals surface area contributed by atoms with Gasteiger partial charge in [0.15, 0.2) is 5.17 Å². The van der Waals surface area contributed by atoms with Crippen molar-refractivity contribution in [2.24, 2.45) is 4.99 Å². The summed E-state index contributed by atoms with van der Waals surface area (Å²) in [7, 11) is 3.45. The standard InChI is InChI=1S/C24H25N3O2S/c1-4-16-14-30-24-26-22(19-7-5-6-12-25-19)23(27(16)24)21-18-13-17(28-2)10-8-15(18)9-11-20(21)29-3/h5-13,16,22-23H,4,14H2,1-3H3/t16-,22-,23+/m0/s1. The van der Waals surface area contributed by atoms with E-state index < -0.39 is 0 Å². The van der Waals surface area contributed by atoms with Crippen LogP contribution in [0.1, 0.15) is 36.7 Å². The van der Waals surface area contributed by atoms with E-state index in [1.54, 1.807) is 14.2 Å². The van der Waals surface area contributed by atoms with Crippen molar-refractivity contribution in [1.29, 1.82) is 0 Å². The van der Waals surface area contributed by atoms with Gasteiger partial charge in [-0.15, -0.1) is 0 Å². The van der Waals surface area contributed by atoms with Gasteiger partial charge in [-0.2, -0.15) is 0 Å². The molecular weight excluding hydrogens is 394 g/mol. The number of amidine groups is 1. The van der Waals surface area contributed by atoms with Gasteiger partial charge in [-0.3, -0.25) is 9.98 Å². The lowest BCUT2D eigenvalue weighted by atomic mass is 9.90. The summed E-state index contributed by atoms with van der Waals surface area (Å²) in [6.45, 7) is 2.25. The summed E-state index contributed by atoms with van der Waals surface area (Å²) in [5, 5.41) is 3.42. The lowest BCUT2D eigenvalue weighted by Crippen LogP contribution is -2.35. The van der Waals surface area contributed by atoms with Crippen molar-refractivity contribution >= 4 is 27.7 Å². The second kappa shape index (κ2) is 7.84. The Balaban J connectivity index is 1.76. The van der Waals surface area contributed by atoms with Crippen molar-refractivity contribution in [1.82, 2.24) is 9.88 Å². The Morgan fingerprint density at radius 3 is 2.70 bits per heavy atom. The molecule has 0 saturated carbocycles. The van der Waals surface area contributed by atoms with Gasteiger partial charge >= 0.3 is 0 Å². The minimum atomic E-state index is -0.0752. The molecule has 3 aromatic rings. The number of rotatable bonds is 5. The summed E-state index contributed by atoms with van der Waals surface area (Å²) in [6.07, 6.45) is 2.93. The molecule has 0 amide bonds. The fourth-order valence-corrected chi connectivity index (χ4v) is 5.91. The monoisotopic (exact) mass is 419 g/mol. The molecule has 3 heterocycles. The fourth-order valence-electron chi connectivity index (χ4n) is 4.58. The van der Waals surface area contributed by atoms with E-state index in [0.717, 1.165) is 45.5 Å². The number of hydrogen-bond donors (Lipinski definition) is 0. The molecule has 0 unspecified atom stereocenters. The van der Waals surface area contributed by atoms with Crippen LogP contribution in [0.4, 0.5) is 0 Å². The first-order valence-corrected chi connectivity index (χ1v) is 11.3. The topological polar surface area (TPSA) is 47.0 Å². The van der Waals surface area contributed by atoms with E-state index in [2.05, 4.69) is 47.1 Å². The molecule has 0 aliphatic carbocycles. The van der Waals surface area contributed by atoms with Crippen molar-refractivity contribution in [3.8, 4) is 11.5 Å². The van der Waals surface area contributed by atoms with Crippen LogP contribution in [-0.2, 0) is 0 Å². The Labute approximate surface area is 181 Å². The smallest absolute Gasteiger partial charge is 0.160 e. The van der Waals surface area contributed by atoms with Crippen LogP contribution in [0.25, 0.3) is 10.8 Å². The lowest BCUT2D eigenvalue weighted by molar-refractivity contribution is 0.250. The van der Waals surface area contributed by atoms with Gasteiger partial charge in [0, 0.05) is 23.6 Å². The van der Waals surface area contributed by atoms with Crippen LogP contribution >= 0.6 is 11.8 Å². The van der Waals surface area contributed by atoms with Gasteiger partial charge in [0.05, 0.1) is 26.0 Å². The second-order valence-electron chi connectivity index (χ2n) is 7.60. The first-order valence-electron chi connectivity index (χ1n) is 10.3. The van der Waals surface area contributed by atoms with E-state index in [-0.39, 0.29) is 12.1 Å². The third-order valence-electron chi connectivity index (χ3n) is 6.08. The summed E-state index contributed by atoms with van der Waals surface area (Å²) in [5.41, 5.74) is 2.14. The van der Waals surface area contributed by atoms with Crippen LogP contribution < -0.4 is 9.47 Å². The number of thioether (sulfide) groups is 1. The van der Waals surface area contributed by atoms with Crippen LogP contribution in [-0.4, -0.2) is 41.1 Å². The van der Waals surface area contributed by atoms with Gasteiger partial charge in [0.25, 0.3) is 0 Å². The molecule has 30 heavy (non-hydrogen) atoms. The van der Waals surface area contributed by atoms with Crippen LogP contribution in [0.2, 0.25) is 0 Å². The van der Waals surface area contributed by atoms with Crippen molar-refractivity contribution in [3.63, 3.8) is 0 Å². The Hall–Kier alpha value is -2.73. The molecule has 2 aliphatic heterocycles. The van der Waals surface area contributed by atoms with E-state index in [1.807, 2.05) is 36.2 Å². The van der Waals surface area contributed by atoms with Crippen LogP contribution in [0, 0.1) is 0 Å². The summed E-state index contributed by atoms with van der Waals surface area (Å²) in [4.78, 5) is 12.3. The van der Waals surface area contributed by atoms with Crippen LogP contribution in [0.5, 0.6) is 11.5 Å². The normalized spacial score (nSPS) is 22.8. The first-order chi connectivity index (χ1) is 14.7. The van der Waals surface area contributed by atoms with Gasteiger partial charge < -0.3 is 14.4 Å². The fraction of sp³-hybridized carbons (Fsp3) is 0.333. The number of hydrogen-bond acceptors (Lipinski definition) is 6. The molecule has 2 aromatic carbocycles. The predicted molar refractivity (Wildman–Crippen MR) is 123 cm³/mol. The molecule has 2 aliphatic rings. The highest BCUT2D eigenvalue weighted by Crippen LogP contribution is 2.52. The molecule has 5 nitrogen and oxygen atoms in total. The summed E-state index contributed by atoms with van der Waals surface area (Å²) < 4.78 is 11.4. The predicted octanol–water partition coefficient (Wildman–Crippen LogP) is 5.23. The summed E-state index contributed by atoms with van der Waals surface area (Å²) in [6, 6.07) is 16.9. The van der Waals surface area contributed by atoms with E-state index in [1.165, 1.54) is 5.39 Å². The highest BCUT2D eigenvalue weighted by atomic mass is 32.2. The van der Waals surface area contributed by atoms with Gasteiger partial charge in [-0.25, -0.2) is 0 Å². The average Bonchev–Trinajstić information content (AvgIpc) is 3.37. The minimum absolute atomic E-state index is 0.0283. The SMILES string of the molecule is CC[C@H]1CSC2=N[C@@H](c3ccccn3)[C@@H](c3c(OC)ccc4ccc(OC)cc34)N21. The highest BCUT2D eigenvalue weighted by Gasteiger charge is 2.47. The number of nitrogens with zero attached hydrogens (tertiary/aromatic N) is 3. The van der Waals surface area contributed by atoms with Gasteiger partial charge in [0.2, 0.25) is 0 Å². The molecule has 0 N–H and O–H groups in total. The largest absolute Gasteiger partial charge is 0.497 e.